The molecular formula is C13H13N3O2. The number of nitrogens with zero attached hydrogens (tertiary/aromatic N) is 1. The average molecular weight is 243 g/mol. The van der Waals surface area contributed by atoms with E-state index < -0.39 is 6.03 Å². The Morgan fingerprint density at radius 1 is 1.28 bits per heavy atom. The first-order valence-electron chi connectivity index (χ1n) is 5.45. The molecule has 2 rings (SSSR count). The molecule has 0 saturated heterocycles. The molecule has 1 aromatic heterocycles. The van der Waals surface area contributed by atoms with Crippen molar-refractivity contribution >= 4 is 6.03 Å². The highest BCUT2D eigenvalue weighted by Gasteiger charge is 2.01. The molecule has 0 spiro atoms. The van der Waals surface area contributed by atoms with Gasteiger partial charge >= 0.3 is 6.03 Å². The van der Waals surface area contributed by atoms with E-state index in [9.17, 15) is 4.79 Å². The number of urea groups is 1. The summed E-state index contributed by atoms with van der Waals surface area (Å²) in [5.41, 5.74) is 5.88. The summed E-state index contributed by atoms with van der Waals surface area (Å²) in [6.45, 7) is 0.350. The lowest BCUT2D eigenvalue weighted by Crippen LogP contribution is -2.28. The maximum atomic E-state index is 10.6. The molecule has 0 fully saturated rings. The molecule has 18 heavy (non-hydrogen) atoms. The van der Waals surface area contributed by atoms with Gasteiger partial charge in [0.1, 0.15) is 5.75 Å². The van der Waals surface area contributed by atoms with Crippen LogP contribution in [0.15, 0.2) is 48.7 Å². The van der Waals surface area contributed by atoms with Gasteiger partial charge in [0.15, 0.2) is 0 Å². The van der Waals surface area contributed by atoms with Crippen LogP contribution < -0.4 is 15.8 Å². The summed E-state index contributed by atoms with van der Waals surface area (Å²) in [5.74, 6) is 1.19. The number of nitrogens with two attached hydrogens (primary N) is 1. The number of carbonyl (C=O) groups is 1. The number of pyridine rings is 1. The first kappa shape index (κ1) is 11.9. The lowest BCUT2D eigenvalue weighted by Gasteiger charge is -2.06. The fraction of sp³-hybridized carbons (Fsp3) is 0.0769. The van der Waals surface area contributed by atoms with Gasteiger partial charge in [-0.05, 0) is 23.8 Å². The van der Waals surface area contributed by atoms with Crippen LogP contribution in [0.4, 0.5) is 4.79 Å². The first-order valence-corrected chi connectivity index (χ1v) is 5.45. The number of hydrogen-bond donors (Lipinski definition) is 2. The van der Waals surface area contributed by atoms with Crippen LogP contribution in [0.2, 0.25) is 0 Å². The predicted molar refractivity (Wildman–Crippen MR) is 67.2 cm³/mol. The van der Waals surface area contributed by atoms with Gasteiger partial charge in [-0.15, -0.1) is 0 Å². The summed E-state index contributed by atoms with van der Waals surface area (Å²) < 4.78 is 5.57. The van der Waals surface area contributed by atoms with Crippen LogP contribution >= 0.6 is 0 Å². The monoisotopic (exact) mass is 243 g/mol. The highest BCUT2D eigenvalue weighted by atomic mass is 16.5. The minimum Gasteiger partial charge on any atom is -0.439 e. The van der Waals surface area contributed by atoms with E-state index in [1.165, 1.54) is 0 Å². The Morgan fingerprint density at radius 3 is 2.78 bits per heavy atom. The molecule has 2 aromatic rings. The van der Waals surface area contributed by atoms with Crippen LogP contribution in [-0.2, 0) is 6.54 Å². The lowest BCUT2D eigenvalue weighted by atomic mass is 10.2. The zero-order valence-electron chi connectivity index (χ0n) is 9.67. The third kappa shape index (κ3) is 3.48. The third-order valence-electron chi connectivity index (χ3n) is 2.23. The molecule has 1 aromatic carbocycles. The SMILES string of the molecule is NC(=O)NCc1ccnc(Oc2ccccc2)c1. The summed E-state index contributed by atoms with van der Waals surface area (Å²) in [7, 11) is 0. The van der Waals surface area contributed by atoms with Gasteiger partial charge in [-0.2, -0.15) is 0 Å². The topological polar surface area (TPSA) is 77.2 Å². The molecule has 5 nitrogen and oxygen atoms in total. The summed E-state index contributed by atoms with van der Waals surface area (Å²) in [5, 5.41) is 2.51. The Labute approximate surface area is 105 Å². The molecule has 0 aliphatic rings. The lowest BCUT2D eigenvalue weighted by molar-refractivity contribution is 0.248. The van der Waals surface area contributed by atoms with E-state index in [0.29, 0.717) is 18.2 Å². The largest absolute Gasteiger partial charge is 0.439 e. The molecule has 92 valence electrons. The first-order chi connectivity index (χ1) is 8.74. The van der Waals surface area contributed by atoms with Crippen molar-refractivity contribution in [1.82, 2.24) is 10.3 Å². The number of amides is 2. The van der Waals surface area contributed by atoms with Crippen molar-refractivity contribution in [1.29, 1.82) is 0 Å². The van der Waals surface area contributed by atoms with E-state index in [-0.39, 0.29) is 0 Å². The van der Waals surface area contributed by atoms with E-state index in [0.717, 1.165) is 5.56 Å². The van der Waals surface area contributed by atoms with Gasteiger partial charge in [-0.25, -0.2) is 9.78 Å². The number of ether oxygens (including phenoxy) is 1. The third-order valence-corrected chi connectivity index (χ3v) is 2.23. The highest BCUT2D eigenvalue weighted by molar-refractivity contribution is 5.71. The van der Waals surface area contributed by atoms with Crippen molar-refractivity contribution in [2.75, 3.05) is 0 Å². The minimum absolute atomic E-state index is 0.350. The van der Waals surface area contributed by atoms with Gasteiger partial charge in [0.2, 0.25) is 5.88 Å². The molecule has 0 bridgehead atoms. The molecule has 0 unspecified atom stereocenters. The molecule has 0 atom stereocenters. The van der Waals surface area contributed by atoms with E-state index in [1.807, 2.05) is 30.3 Å². The maximum absolute atomic E-state index is 10.6. The van der Waals surface area contributed by atoms with Crippen LogP contribution in [0.1, 0.15) is 5.56 Å². The smallest absolute Gasteiger partial charge is 0.312 e. The Kier molecular flexibility index (Phi) is 3.76. The summed E-state index contributed by atoms with van der Waals surface area (Å²) in [6.07, 6.45) is 1.62. The van der Waals surface area contributed by atoms with Gasteiger partial charge in [0.05, 0.1) is 0 Å². The van der Waals surface area contributed by atoms with E-state index in [4.69, 9.17) is 10.5 Å². The van der Waals surface area contributed by atoms with Crippen LogP contribution in [0.25, 0.3) is 0 Å². The second-order valence-corrected chi connectivity index (χ2v) is 3.64. The van der Waals surface area contributed by atoms with Crippen LogP contribution in [0.5, 0.6) is 11.6 Å². The number of para-hydroxylation sites is 1. The Hall–Kier alpha value is -2.56. The highest BCUT2D eigenvalue weighted by Crippen LogP contribution is 2.19. The molecule has 5 heteroatoms. The van der Waals surface area contributed by atoms with E-state index in [2.05, 4.69) is 10.3 Å². The van der Waals surface area contributed by atoms with Gasteiger partial charge in [0, 0.05) is 18.8 Å². The Bertz CT molecular complexity index is 529. The fourth-order valence-corrected chi connectivity index (χ4v) is 1.41. The van der Waals surface area contributed by atoms with Crippen molar-refractivity contribution in [3.8, 4) is 11.6 Å². The standard InChI is InChI=1S/C13H13N3O2/c14-13(17)16-9-10-6-7-15-12(8-10)18-11-4-2-1-3-5-11/h1-8H,9H2,(H3,14,16,17). The van der Waals surface area contributed by atoms with Crippen LogP contribution in [-0.4, -0.2) is 11.0 Å². The molecule has 3 N–H and O–H groups in total. The van der Waals surface area contributed by atoms with E-state index in [1.54, 1.807) is 18.3 Å². The summed E-state index contributed by atoms with van der Waals surface area (Å²) in [4.78, 5) is 14.7. The molecule has 0 aliphatic carbocycles. The Morgan fingerprint density at radius 2 is 2.06 bits per heavy atom. The van der Waals surface area contributed by atoms with Gasteiger partial charge in [0.25, 0.3) is 0 Å². The van der Waals surface area contributed by atoms with E-state index >= 15 is 0 Å². The number of carbonyl (C=O) groups excluding carboxylic acids is 1. The van der Waals surface area contributed by atoms with Crippen LogP contribution in [0.3, 0.4) is 0 Å². The van der Waals surface area contributed by atoms with Gasteiger partial charge in [-0.3, -0.25) is 0 Å². The summed E-state index contributed by atoms with van der Waals surface area (Å²) in [6, 6.07) is 12.3. The van der Waals surface area contributed by atoms with Crippen LogP contribution in [0, 0.1) is 0 Å². The quantitative estimate of drug-likeness (QED) is 0.862. The van der Waals surface area contributed by atoms with Crippen molar-refractivity contribution < 1.29 is 9.53 Å². The zero-order valence-corrected chi connectivity index (χ0v) is 9.67. The number of rotatable bonds is 4. The number of nitrogens with one attached hydrogen (secondary N) is 1. The van der Waals surface area contributed by atoms with Gasteiger partial charge < -0.3 is 15.8 Å². The number of aromatic nitrogens is 1. The molecule has 0 saturated carbocycles. The second kappa shape index (κ2) is 5.67. The molecule has 0 aliphatic heterocycles. The van der Waals surface area contributed by atoms with Crippen molar-refractivity contribution in [3.05, 3.63) is 54.2 Å². The molecular weight excluding hydrogens is 230 g/mol. The van der Waals surface area contributed by atoms with Crippen molar-refractivity contribution in [3.63, 3.8) is 0 Å². The van der Waals surface area contributed by atoms with Crippen molar-refractivity contribution in [2.45, 2.75) is 6.54 Å². The minimum atomic E-state index is -0.558. The number of benzene rings is 1. The average Bonchev–Trinajstić information content (AvgIpc) is 2.38. The summed E-state index contributed by atoms with van der Waals surface area (Å²) >= 11 is 0. The zero-order chi connectivity index (χ0) is 12.8. The normalized spacial score (nSPS) is 9.78. The number of primary amides is 1. The van der Waals surface area contributed by atoms with Crippen molar-refractivity contribution in [2.24, 2.45) is 5.73 Å². The Balaban J connectivity index is 2.05. The van der Waals surface area contributed by atoms with Gasteiger partial charge in [-0.1, -0.05) is 18.2 Å². The molecule has 0 radical (unpaired) electrons. The molecule has 1 heterocycles. The fourth-order valence-electron chi connectivity index (χ4n) is 1.41. The maximum Gasteiger partial charge on any atom is 0.312 e. The molecule has 2 amide bonds. The number of hydrogen-bond acceptors (Lipinski definition) is 3. The second-order valence-electron chi connectivity index (χ2n) is 3.64. The predicted octanol–water partition coefficient (Wildman–Crippen LogP) is 2.04.